The standard InChI is InChI=1S/C18H20N4O2/c1-11(2)17-21-14-9-12(5-6-16(14)22(17)4)24-13-7-8-20-15(10-13)18(23)19-3/h5-11H,1-4H3,(H,19,23). The van der Waals surface area contributed by atoms with Gasteiger partial charge in [-0.1, -0.05) is 13.8 Å². The van der Waals surface area contributed by atoms with Gasteiger partial charge in [-0.3, -0.25) is 9.78 Å². The van der Waals surface area contributed by atoms with Crippen molar-refractivity contribution >= 4 is 16.9 Å². The van der Waals surface area contributed by atoms with E-state index in [0.29, 0.717) is 23.1 Å². The monoisotopic (exact) mass is 324 g/mol. The summed E-state index contributed by atoms with van der Waals surface area (Å²) in [6, 6.07) is 9.12. The number of rotatable bonds is 4. The average Bonchev–Trinajstić information content (AvgIpc) is 2.91. The molecule has 0 saturated carbocycles. The number of carbonyl (C=O) groups excluding carboxylic acids is 1. The van der Waals surface area contributed by atoms with Gasteiger partial charge in [-0.2, -0.15) is 0 Å². The summed E-state index contributed by atoms with van der Waals surface area (Å²) in [5.74, 6) is 2.37. The van der Waals surface area contributed by atoms with Gasteiger partial charge >= 0.3 is 0 Å². The van der Waals surface area contributed by atoms with Crippen molar-refractivity contribution in [2.45, 2.75) is 19.8 Å². The summed E-state index contributed by atoms with van der Waals surface area (Å²) >= 11 is 0. The molecule has 0 unspecified atom stereocenters. The minimum absolute atomic E-state index is 0.248. The van der Waals surface area contributed by atoms with E-state index >= 15 is 0 Å². The fourth-order valence-electron chi connectivity index (χ4n) is 2.64. The van der Waals surface area contributed by atoms with Gasteiger partial charge in [0.1, 0.15) is 23.0 Å². The first-order valence-corrected chi connectivity index (χ1v) is 7.82. The van der Waals surface area contributed by atoms with Crippen LogP contribution >= 0.6 is 0 Å². The highest BCUT2D eigenvalue weighted by Crippen LogP contribution is 2.27. The number of pyridine rings is 1. The molecule has 24 heavy (non-hydrogen) atoms. The topological polar surface area (TPSA) is 69.0 Å². The van der Waals surface area contributed by atoms with E-state index in [2.05, 4.69) is 33.7 Å². The molecular weight excluding hydrogens is 304 g/mol. The number of hydrogen-bond acceptors (Lipinski definition) is 4. The molecule has 1 amide bonds. The normalized spacial score (nSPS) is 11.0. The van der Waals surface area contributed by atoms with Gasteiger partial charge in [0.15, 0.2) is 0 Å². The second-order valence-corrected chi connectivity index (χ2v) is 5.89. The lowest BCUT2D eigenvalue weighted by molar-refractivity contribution is 0.0958. The molecule has 6 heteroatoms. The number of nitrogens with one attached hydrogen (secondary N) is 1. The number of fused-ring (bicyclic) bond motifs is 1. The van der Waals surface area contributed by atoms with E-state index in [-0.39, 0.29) is 5.91 Å². The van der Waals surface area contributed by atoms with Crippen molar-refractivity contribution in [1.82, 2.24) is 19.9 Å². The van der Waals surface area contributed by atoms with Crippen molar-refractivity contribution < 1.29 is 9.53 Å². The quantitative estimate of drug-likeness (QED) is 0.800. The Bertz CT molecular complexity index is 899. The highest BCUT2D eigenvalue weighted by atomic mass is 16.5. The molecule has 3 rings (SSSR count). The maximum absolute atomic E-state index is 11.7. The Morgan fingerprint density at radius 1 is 1.21 bits per heavy atom. The predicted octanol–water partition coefficient (Wildman–Crippen LogP) is 3.24. The molecule has 0 fully saturated rings. The Balaban J connectivity index is 1.92. The van der Waals surface area contributed by atoms with Crippen molar-refractivity contribution in [2.75, 3.05) is 7.05 Å². The molecule has 0 aliphatic heterocycles. The number of nitrogens with zero attached hydrogens (tertiary/aromatic N) is 3. The summed E-state index contributed by atoms with van der Waals surface area (Å²) in [5.41, 5.74) is 2.27. The minimum Gasteiger partial charge on any atom is -0.457 e. The van der Waals surface area contributed by atoms with E-state index in [1.165, 1.54) is 0 Å². The maximum atomic E-state index is 11.7. The molecule has 1 N–H and O–H groups in total. The Morgan fingerprint density at radius 2 is 1.96 bits per heavy atom. The highest BCUT2D eigenvalue weighted by molar-refractivity contribution is 5.92. The van der Waals surface area contributed by atoms with Gasteiger partial charge in [0.05, 0.1) is 11.0 Å². The average molecular weight is 324 g/mol. The number of benzene rings is 1. The Morgan fingerprint density at radius 3 is 2.67 bits per heavy atom. The summed E-state index contributed by atoms with van der Waals surface area (Å²) in [6.07, 6.45) is 1.55. The molecule has 0 saturated heterocycles. The van der Waals surface area contributed by atoms with Crippen LogP contribution in [-0.2, 0) is 7.05 Å². The number of ether oxygens (including phenoxy) is 1. The SMILES string of the molecule is CNC(=O)c1cc(Oc2ccc3c(c2)nc(C(C)C)n3C)ccn1. The van der Waals surface area contributed by atoms with Gasteiger partial charge in [-0.05, 0) is 18.2 Å². The lowest BCUT2D eigenvalue weighted by Crippen LogP contribution is -2.18. The largest absolute Gasteiger partial charge is 0.457 e. The molecule has 0 spiro atoms. The van der Waals surface area contributed by atoms with Crippen molar-refractivity contribution in [3.05, 3.63) is 48.0 Å². The van der Waals surface area contributed by atoms with Gasteiger partial charge < -0.3 is 14.6 Å². The first-order chi connectivity index (χ1) is 11.5. The van der Waals surface area contributed by atoms with Gasteiger partial charge in [0, 0.05) is 38.3 Å². The Hall–Kier alpha value is -2.89. The number of amides is 1. The molecule has 0 aliphatic rings. The molecule has 2 aromatic heterocycles. The second kappa shape index (κ2) is 6.31. The van der Waals surface area contributed by atoms with Crippen LogP contribution in [0, 0.1) is 0 Å². The Labute approximate surface area is 140 Å². The Kier molecular flexibility index (Phi) is 4.20. The van der Waals surface area contributed by atoms with E-state index in [9.17, 15) is 4.79 Å². The zero-order valence-corrected chi connectivity index (χ0v) is 14.2. The smallest absolute Gasteiger partial charge is 0.269 e. The van der Waals surface area contributed by atoms with Crippen LogP contribution in [0.1, 0.15) is 36.1 Å². The molecular formula is C18H20N4O2. The van der Waals surface area contributed by atoms with Gasteiger partial charge in [0.2, 0.25) is 0 Å². The number of imidazole rings is 1. The van der Waals surface area contributed by atoms with Crippen LogP contribution in [0.4, 0.5) is 0 Å². The molecule has 6 nitrogen and oxygen atoms in total. The number of aromatic nitrogens is 3. The second-order valence-electron chi connectivity index (χ2n) is 5.89. The highest BCUT2D eigenvalue weighted by Gasteiger charge is 2.12. The summed E-state index contributed by atoms with van der Waals surface area (Å²) < 4.78 is 7.96. The zero-order chi connectivity index (χ0) is 17.3. The van der Waals surface area contributed by atoms with E-state index in [1.807, 2.05) is 25.2 Å². The van der Waals surface area contributed by atoms with Crippen LogP contribution in [0.2, 0.25) is 0 Å². The van der Waals surface area contributed by atoms with Crippen LogP contribution in [0.25, 0.3) is 11.0 Å². The fourth-order valence-corrected chi connectivity index (χ4v) is 2.64. The summed E-state index contributed by atoms with van der Waals surface area (Å²) in [6.45, 7) is 4.24. The minimum atomic E-state index is -0.248. The van der Waals surface area contributed by atoms with Crippen LogP contribution in [0.5, 0.6) is 11.5 Å². The van der Waals surface area contributed by atoms with Crippen molar-refractivity contribution in [2.24, 2.45) is 7.05 Å². The zero-order valence-electron chi connectivity index (χ0n) is 14.2. The molecule has 3 aromatic rings. The third-order valence-electron chi connectivity index (χ3n) is 3.83. The molecule has 0 atom stereocenters. The molecule has 1 aromatic carbocycles. The first-order valence-electron chi connectivity index (χ1n) is 7.82. The molecule has 0 radical (unpaired) electrons. The molecule has 0 aliphatic carbocycles. The number of carbonyl (C=O) groups is 1. The van der Waals surface area contributed by atoms with Crippen LogP contribution in [-0.4, -0.2) is 27.5 Å². The van der Waals surface area contributed by atoms with Crippen LogP contribution in [0.3, 0.4) is 0 Å². The number of hydrogen-bond donors (Lipinski definition) is 1. The maximum Gasteiger partial charge on any atom is 0.269 e. The summed E-state index contributed by atoms with van der Waals surface area (Å²) in [4.78, 5) is 20.4. The molecule has 0 bridgehead atoms. The third-order valence-corrected chi connectivity index (χ3v) is 3.83. The van der Waals surface area contributed by atoms with Crippen LogP contribution in [0.15, 0.2) is 36.5 Å². The van der Waals surface area contributed by atoms with Gasteiger partial charge in [0.25, 0.3) is 5.91 Å². The third kappa shape index (κ3) is 2.95. The lowest BCUT2D eigenvalue weighted by Gasteiger charge is -2.07. The van der Waals surface area contributed by atoms with E-state index in [0.717, 1.165) is 16.9 Å². The fraction of sp³-hybridized carbons (Fsp3) is 0.278. The lowest BCUT2D eigenvalue weighted by atomic mass is 10.2. The first kappa shape index (κ1) is 16.0. The van der Waals surface area contributed by atoms with Gasteiger partial charge in [-0.15, -0.1) is 0 Å². The summed E-state index contributed by atoms with van der Waals surface area (Å²) in [7, 11) is 3.59. The van der Waals surface area contributed by atoms with Crippen molar-refractivity contribution in [3.63, 3.8) is 0 Å². The van der Waals surface area contributed by atoms with Crippen molar-refractivity contribution in [1.29, 1.82) is 0 Å². The van der Waals surface area contributed by atoms with E-state index in [1.54, 1.807) is 25.4 Å². The predicted molar refractivity (Wildman–Crippen MR) is 92.5 cm³/mol. The number of aryl methyl sites for hydroxylation is 1. The van der Waals surface area contributed by atoms with Crippen molar-refractivity contribution in [3.8, 4) is 11.5 Å². The van der Waals surface area contributed by atoms with Crippen LogP contribution < -0.4 is 10.1 Å². The molecule has 2 heterocycles. The van der Waals surface area contributed by atoms with Gasteiger partial charge in [-0.25, -0.2) is 4.98 Å². The van der Waals surface area contributed by atoms with E-state index in [4.69, 9.17) is 4.74 Å². The molecule has 124 valence electrons. The van der Waals surface area contributed by atoms with E-state index < -0.39 is 0 Å². The summed E-state index contributed by atoms with van der Waals surface area (Å²) in [5, 5.41) is 2.55.